The summed E-state index contributed by atoms with van der Waals surface area (Å²) in [5.74, 6) is 1.62. The van der Waals surface area contributed by atoms with Crippen LogP contribution in [-0.4, -0.2) is 27.2 Å². The van der Waals surface area contributed by atoms with Crippen molar-refractivity contribution < 1.29 is 8.91 Å². The number of halogens is 1. The van der Waals surface area contributed by atoms with E-state index in [1.165, 1.54) is 18.5 Å². The summed E-state index contributed by atoms with van der Waals surface area (Å²) in [5, 5.41) is 4.75. The highest BCUT2D eigenvalue weighted by Crippen LogP contribution is 2.31. The number of hydrogen-bond donors (Lipinski definition) is 0. The molecular formula is C20H18FN5O. The third-order valence-corrected chi connectivity index (χ3v) is 4.61. The molecule has 0 N–H and O–H groups in total. The van der Waals surface area contributed by atoms with E-state index in [2.05, 4.69) is 20.1 Å². The maximum absolute atomic E-state index is 13.2. The topological polar surface area (TPSA) is 67.9 Å². The summed E-state index contributed by atoms with van der Waals surface area (Å²) >= 11 is 0. The Morgan fingerprint density at radius 1 is 1.04 bits per heavy atom. The third-order valence-electron chi connectivity index (χ3n) is 4.61. The molecule has 2 aromatic heterocycles. The summed E-state index contributed by atoms with van der Waals surface area (Å²) in [7, 11) is 1.93. The van der Waals surface area contributed by atoms with Crippen LogP contribution in [0.15, 0.2) is 53.3 Å². The number of nitrogens with zero attached hydrogens (tertiary/aromatic N) is 5. The van der Waals surface area contributed by atoms with E-state index in [0.29, 0.717) is 11.7 Å². The summed E-state index contributed by atoms with van der Waals surface area (Å²) in [6.07, 6.45) is 1.54. The molecule has 0 radical (unpaired) electrons. The summed E-state index contributed by atoms with van der Waals surface area (Å²) in [5.41, 5.74) is 2.72. The SMILES string of the molecule is Cc1noc(C(C)N(C)c2ncnc3ccc(-c4ccc(F)cc4)cc23)n1. The molecule has 1 atom stereocenters. The molecule has 27 heavy (non-hydrogen) atoms. The molecule has 6 nitrogen and oxygen atoms in total. The minimum atomic E-state index is -0.257. The normalized spacial score (nSPS) is 12.3. The number of fused-ring (bicyclic) bond motifs is 1. The van der Waals surface area contributed by atoms with Crippen molar-refractivity contribution in [3.05, 3.63) is 66.3 Å². The molecule has 0 amide bonds. The summed E-state index contributed by atoms with van der Waals surface area (Å²) in [4.78, 5) is 15.1. The Morgan fingerprint density at radius 3 is 2.48 bits per heavy atom. The Morgan fingerprint density at radius 2 is 1.78 bits per heavy atom. The first-order valence-corrected chi connectivity index (χ1v) is 8.56. The van der Waals surface area contributed by atoms with Crippen LogP contribution in [0.4, 0.5) is 10.2 Å². The third kappa shape index (κ3) is 3.23. The maximum atomic E-state index is 13.2. The van der Waals surface area contributed by atoms with Crippen LogP contribution in [0.2, 0.25) is 0 Å². The monoisotopic (exact) mass is 363 g/mol. The molecule has 0 saturated heterocycles. The Hall–Kier alpha value is -3.35. The summed E-state index contributed by atoms with van der Waals surface area (Å²) in [6, 6.07) is 12.2. The van der Waals surface area contributed by atoms with Crippen molar-refractivity contribution in [1.82, 2.24) is 20.1 Å². The minimum Gasteiger partial charge on any atom is -0.347 e. The van der Waals surface area contributed by atoms with E-state index in [4.69, 9.17) is 4.52 Å². The molecule has 2 heterocycles. The fourth-order valence-corrected chi connectivity index (χ4v) is 2.98. The van der Waals surface area contributed by atoms with Crippen LogP contribution in [0.1, 0.15) is 24.7 Å². The molecule has 7 heteroatoms. The summed E-state index contributed by atoms with van der Waals surface area (Å²) in [6.45, 7) is 3.76. The van der Waals surface area contributed by atoms with Crippen molar-refractivity contribution >= 4 is 16.7 Å². The quantitative estimate of drug-likeness (QED) is 0.538. The fraction of sp³-hybridized carbons (Fsp3) is 0.200. The Kier molecular flexibility index (Phi) is 4.27. The maximum Gasteiger partial charge on any atom is 0.249 e. The highest BCUT2D eigenvalue weighted by molar-refractivity contribution is 5.92. The number of aryl methyl sites for hydroxylation is 1. The number of aromatic nitrogens is 4. The zero-order valence-corrected chi connectivity index (χ0v) is 15.2. The first-order valence-electron chi connectivity index (χ1n) is 8.56. The Bertz CT molecular complexity index is 1090. The van der Waals surface area contributed by atoms with Crippen LogP contribution in [-0.2, 0) is 0 Å². The van der Waals surface area contributed by atoms with E-state index >= 15 is 0 Å². The molecule has 0 aliphatic rings. The standard InChI is InChI=1S/C20H18FN5O/c1-12(20-24-13(2)25-27-20)26(3)19-17-10-15(6-9-18(17)22-11-23-19)14-4-7-16(21)8-5-14/h4-12H,1-3H3. The zero-order valence-electron chi connectivity index (χ0n) is 15.2. The number of rotatable bonds is 4. The van der Waals surface area contributed by atoms with Gasteiger partial charge in [-0.25, -0.2) is 14.4 Å². The van der Waals surface area contributed by atoms with Gasteiger partial charge >= 0.3 is 0 Å². The van der Waals surface area contributed by atoms with E-state index in [-0.39, 0.29) is 11.9 Å². The highest BCUT2D eigenvalue weighted by atomic mass is 19.1. The lowest BCUT2D eigenvalue weighted by Crippen LogP contribution is -2.23. The van der Waals surface area contributed by atoms with Gasteiger partial charge in [0.05, 0.1) is 5.52 Å². The summed E-state index contributed by atoms with van der Waals surface area (Å²) < 4.78 is 18.5. The molecular weight excluding hydrogens is 345 g/mol. The number of hydrogen-bond acceptors (Lipinski definition) is 6. The van der Waals surface area contributed by atoms with Crippen LogP contribution < -0.4 is 4.90 Å². The van der Waals surface area contributed by atoms with Crippen molar-refractivity contribution in [2.45, 2.75) is 19.9 Å². The lowest BCUT2D eigenvalue weighted by Gasteiger charge is -2.24. The Labute approximate surface area is 155 Å². The molecule has 0 aliphatic carbocycles. The lowest BCUT2D eigenvalue weighted by atomic mass is 10.0. The Balaban J connectivity index is 1.78. The molecule has 0 fully saturated rings. The molecule has 4 aromatic rings. The van der Waals surface area contributed by atoms with Crippen LogP contribution in [0, 0.1) is 12.7 Å². The second kappa shape index (κ2) is 6.75. The van der Waals surface area contributed by atoms with Gasteiger partial charge in [0.2, 0.25) is 5.89 Å². The van der Waals surface area contributed by atoms with Gasteiger partial charge in [0.1, 0.15) is 24.0 Å². The van der Waals surface area contributed by atoms with Crippen LogP contribution in [0.3, 0.4) is 0 Å². The number of anilines is 1. The second-order valence-corrected chi connectivity index (χ2v) is 6.40. The second-order valence-electron chi connectivity index (χ2n) is 6.40. The van der Waals surface area contributed by atoms with E-state index in [0.717, 1.165) is 27.8 Å². The van der Waals surface area contributed by atoms with Crippen molar-refractivity contribution in [2.24, 2.45) is 0 Å². The van der Waals surface area contributed by atoms with Crippen molar-refractivity contribution in [3.8, 4) is 11.1 Å². The van der Waals surface area contributed by atoms with Gasteiger partial charge in [-0.1, -0.05) is 23.4 Å². The average Bonchev–Trinajstić information content (AvgIpc) is 3.13. The largest absolute Gasteiger partial charge is 0.347 e. The molecule has 1 unspecified atom stereocenters. The molecule has 136 valence electrons. The van der Waals surface area contributed by atoms with Gasteiger partial charge in [-0.2, -0.15) is 4.98 Å². The van der Waals surface area contributed by atoms with Gasteiger partial charge < -0.3 is 9.42 Å². The van der Waals surface area contributed by atoms with Gasteiger partial charge in [0, 0.05) is 12.4 Å². The molecule has 0 saturated carbocycles. The van der Waals surface area contributed by atoms with Crippen molar-refractivity contribution in [2.75, 3.05) is 11.9 Å². The van der Waals surface area contributed by atoms with E-state index < -0.39 is 0 Å². The first-order chi connectivity index (χ1) is 13.0. The predicted molar refractivity (Wildman–Crippen MR) is 101 cm³/mol. The van der Waals surface area contributed by atoms with E-state index in [9.17, 15) is 4.39 Å². The van der Waals surface area contributed by atoms with E-state index in [1.54, 1.807) is 19.1 Å². The van der Waals surface area contributed by atoms with Gasteiger partial charge in [0.25, 0.3) is 0 Å². The predicted octanol–water partition coefficient (Wildman–Crippen LogP) is 4.32. The van der Waals surface area contributed by atoms with Gasteiger partial charge in [-0.3, -0.25) is 0 Å². The molecule has 0 bridgehead atoms. The van der Waals surface area contributed by atoms with Gasteiger partial charge in [-0.15, -0.1) is 0 Å². The van der Waals surface area contributed by atoms with Crippen LogP contribution in [0.5, 0.6) is 0 Å². The number of benzene rings is 2. The van der Waals surface area contributed by atoms with Crippen LogP contribution >= 0.6 is 0 Å². The molecule has 0 spiro atoms. The molecule has 2 aromatic carbocycles. The van der Waals surface area contributed by atoms with Crippen LogP contribution in [0.25, 0.3) is 22.0 Å². The molecule has 0 aliphatic heterocycles. The highest BCUT2D eigenvalue weighted by Gasteiger charge is 2.21. The first kappa shape index (κ1) is 17.1. The molecule has 4 rings (SSSR count). The lowest BCUT2D eigenvalue weighted by molar-refractivity contribution is 0.355. The fourth-order valence-electron chi connectivity index (χ4n) is 2.98. The van der Waals surface area contributed by atoms with Gasteiger partial charge in [0.15, 0.2) is 5.82 Å². The van der Waals surface area contributed by atoms with Crippen molar-refractivity contribution in [1.29, 1.82) is 0 Å². The van der Waals surface area contributed by atoms with Gasteiger partial charge in [-0.05, 0) is 49.2 Å². The minimum absolute atomic E-state index is 0.154. The van der Waals surface area contributed by atoms with E-state index in [1.807, 2.05) is 37.1 Å². The smallest absolute Gasteiger partial charge is 0.249 e. The zero-order chi connectivity index (χ0) is 19.0. The average molecular weight is 363 g/mol. The van der Waals surface area contributed by atoms with Crippen molar-refractivity contribution in [3.63, 3.8) is 0 Å².